The topological polar surface area (TPSA) is 141 Å². The first-order valence-corrected chi connectivity index (χ1v) is 3.36. The van der Waals surface area contributed by atoms with E-state index in [9.17, 15) is 9.59 Å². The van der Waals surface area contributed by atoms with Crippen LogP contribution in [-0.4, -0.2) is 51.6 Å². The Hall–Kier alpha value is -1.18. The van der Waals surface area contributed by atoms with Gasteiger partial charge >= 0.3 is 11.9 Å². The number of rotatable bonds is 4. The average molecular weight is 195 g/mol. The van der Waals surface area contributed by atoms with E-state index < -0.39 is 24.5 Å². The van der Waals surface area contributed by atoms with Crippen molar-refractivity contribution in [2.24, 2.45) is 5.73 Å². The summed E-state index contributed by atoms with van der Waals surface area (Å²) >= 11 is 0. The second-order valence-corrected chi connectivity index (χ2v) is 2.04. The molecule has 0 aromatic carbocycles. The van der Waals surface area contributed by atoms with Crippen LogP contribution in [0.3, 0.4) is 0 Å². The fraction of sp³-hybridized carbons (Fsp3) is 0.667. The van der Waals surface area contributed by atoms with E-state index in [0.717, 1.165) is 0 Å². The van der Waals surface area contributed by atoms with E-state index in [-0.39, 0.29) is 13.2 Å². The lowest BCUT2D eigenvalue weighted by molar-refractivity contribution is -0.147. The van der Waals surface area contributed by atoms with E-state index >= 15 is 0 Å². The molecule has 0 saturated carbocycles. The molecular formula is C6H13NO6. The lowest BCUT2D eigenvalue weighted by atomic mass is 10.4. The number of carboxylic acids is 2. The lowest BCUT2D eigenvalue weighted by Gasteiger charge is -1.97. The quantitative estimate of drug-likeness (QED) is 0.322. The van der Waals surface area contributed by atoms with Gasteiger partial charge < -0.3 is 26.2 Å². The maximum Gasteiger partial charge on any atom is 0.314 e. The first-order valence-electron chi connectivity index (χ1n) is 3.36. The van der Waals surface area contributed by atoms with Gasteiger partial charge in [0, 0.05) is 6.54 Å². The van der Waals surface area contributed by atoms with Crippen molar-refractivity contribution in [1.29, 1.82) is 0 Å². The van der Waals surface area contributed by atoms with Gasteiger partial charge in [0.2, 0.25) is 0 Å². The van der Waals surface area contributed by atoms with E-state index in [1.807, 2.05) is 0 Å². The number of nitrogens with two attached hydrogens (primary N) is 1. The van der Waals surface area contributed by atoms with Gasteiger partial charge in [-0.15, -0.1) is 0 Å². The number of aliphatic carboxylic acids is 2. The SMILES string of the molecule is NCC(O)CO.O=C(O)CC(=O)O. The van der Waals surface area contributed by atoms with Crippen LogP contribution in [-0.2, 0) is 9.59 Å². The van der Waals surface area contributed by atoms with Crippen molar-refractivity contribution in [3.05, 3.63) is 0 Å². The molecule has 1 atom stereocenters. The molecule has 6 N–H and O–H groups in total. The Bertz CT molecular complexity index is 143. The molecule has 0 aliphatic rings. The number of carbonyl (C=O) groups is 2. The molecule has 0 saturated heterocycles. The van der Waals surface area contributed by atoms with Crippen LogP contribution in [0.5, 0.6) is 0 Å². The van der Waals surface area contributed by atoms with Crippen molar-refractivity contribution < 1.29 is 30.0 Å². The molecule has 7 nitrogen and oxygen atoms in total. The molecule has 0 aliphatic carbocycles. The van der Waals surface area contributed by atoms with Crippen LogP contribution in [0.2, 0.25) is 0 Å². The minimum Gasteiger partial charge on any atom is -0.481 e. The summed E-state index contributed by atoms with van der Waals surface area (Å²) in [7, 11) is 0. The molecule has 0 radical (unpaired) electrons. The van der Waals surface area contributed by atoms with Crippen molar-refractivity contribution >= 4 is 11.9 Å². The standard InChI is InChI=1S/C3H9NO2.C3H4O4/c4-1-3(6)2-5;4-2(5)1-3(6)7/h3,5-6H,1-2,4H2;1H2,(H,4,5)(H,6,7). The molecule has 1 unspecified atom stereocenters. The molecule has 0 heterocycles. The Morgan fingerprint density at radius 2 is 1.62 bits per heavy atom. The molecule has 78 valence electrons. The summed E-state index contributed by atoms with van der Waals surface area (Å²) in [6, 6.07) is 0. The van der Waals surface area contributed by atoms with Crippen molar-refractivity contribution in [2.75, 3.05) is 13.2 Å². The largest absolute Gasteiger partial charge is 0.481 e. The minimum atomic E-state index is -1.31. The molecule has 0 aliphatic heterocycles. The van der Waals surface area contributed by atoms with Gasteiger partial charge in [-0.1, -0.05) is 0 Å². The second kappa shape index (κ2) is 8.91. The molecule has 13 heavy (non-hydrogen) atoms. The Morgan fingerprint density at radius 1 is 1.23 bits per heavy atom. The summed E-state index contributed by atoms with van der Waals surface area (Å²) in [5, 5.41) is 31.7. The van der Waals surface area contributed by atoms with Gasteiger partial charge in [-0.05, 0) is 0 Å². The zero-order valence-corrected chi connectivity index (χ0v) is 6.88. The molecule has 0 rings (SSSR count). The third kappa shape index (κ3) is 18.1. The summed E-state index contributed by atoms with van der Waals surface area (Å²) in [5.41, 5.74) is 4.87. The molecule has 0 spiro atoms. The van der Waals surface area contributed by atoms with E-state index in [1.165, 1.54) is 0 Å². The number of aliphatic hydroxyl groups excluding tert-OH is 2. The van der Waals surface area contributed by atoms with Crippen LogP contribution < -0.4 is 5.73 Å². The van der Waals surface area contributed by atoms with Gasteiger partial charge in [0.25, 0.3) is 0 Å². The molecule has 0 bridgehead atoms. The third-order valence-electron chi connectivity index (χ3n) is 0.785. The highest BCUT2D eigenvalue weighted by atomic mass is 16.4. The third-order valence-corrected chi connectivity index (χ3v) is 0.785. The maximum absolute atomic E-state index is 9.43. The van der Waals surface area contributed by atoms with E-state index in [2.05, 4.69) is 0 Å². The molecule has 0 aromatic heterocycles. The van der Waals surface area contributed by atoms with E-state index in [0.29, 0.717) is 0 Å². The van der Waals surface area contributed by atoms with Crippen LogP contribution in [0.15, 0.2) is 0 Å². The van der Waals surface area contributed by atoms with Gasteiger partial charge in [0.15, 0.2) is 0 Å². The summed E-state index contributed by atoms with van der Waals surface area (Å²) in [4.78, 5) is 18.9. The highest BCUT2D eigenvalue weighted by molar-refractivity contribution is 5.88. The molecule has 0 aromatic rings. The van der Waals surface area contributed by atoms with E-state index in [1.54, 1.807) is 0 Å². The summed E-state index contributed by atoms with van der Waals surface area (Å²) < 4.78 is 0. The number of carboxylic acid groups (broad SMARTS) is 2. The normalized spacial score (nSPS) is 11.0. The molecule has 0 fully saturated rings. The monoisotopic (exact) mass is 195 g/mol. The van der Waals surface area contributed by atoms with Gasteiger partial charge in [-0.25, -0.2) is 0 Å². The Balaban J connectivity index is 0. The highest BCUT2D eigenvalue weighted by Crippen LogP contribution is 1.74. The molecule has 0 amide bonds. The Morgan fingerprint density at radius 3 is 1.62 bits per heavy atom. The smallest absolute Gasteiger partial charge is 0.314 e. The average Bonchev–Trinajstić information content (AvgIpc) is 2.01. The van der Waals surface area contributed by atoms with Crippen LogP contribution in [0.1, 0.15) is 6.42 Å². The fourth-order valence-corrected chi connectivity index (χ4v) is 0.204. The summed E-state index contributed by atoms with van der Waals surface area (Å²) in [6.45, 7) is -0.104. The molecule has 7 heteroatoms. The first-order chi connectivity index (χ1) is 5.93. The second-order valence-electron chi connectivity index (χ2n) is 2.04. The van der Waals surface area contributed by atoms with Gasteiger partial charge in [-0.2, -0.15) is 0 Å². The molecular weight excluding hydrogens is 182 g/mol. The van der Waals surface area contributed by atoms with Gasteiger partial charge in [-0.3, -0.25) is 9.59 Å². The minimum absolute atomic E-state index is 0.135. The predicted molar refractivity (Wildman–Crippen MR) is 42.0 cm³/mol. The number of hydrogen-bond donors (Lipinski definition) is 5. The van der Waals surface area contributed by atoms with Crippen molar-refractivity contribution in [3.63, 3.8) is 0 Å². The van der Waals surface area contributed by atoms with Crippen LogP contribution in [0, 0.1) is 0 Å². The zero-order valence-electron chi connectivity index (χ0n) is 6.88. The maximum atomic E-state index is 9.43. The van der Waals surface area contributed by atoms with E-state index in [4.69, 9.17) is 26.2 Å². The van der Waals surface area contributed by atoms with Crippen molar-refractivity contribution in [3.8, 4) is 0 Å². The predicted octanol–water partition coefficient (Wildman–Crippen LogP) is -2.16. The Labute approximate surface area is 74.4 Å². The van der Waals surface area contributed by atoms with Crippen LogP contribution in [0.4, 0.5) is 0 Å². The zero-order chi connectivity index (χ0) is 10.9. The summed E-state index contributed by atoms with van der Waals surface area (Å²) in [6.07, 6.45) is -1.54. The number of hydrogen-bond acceptors (Lipinski definition) is 5. The van der Waals surface area contributed by atoms with Gasteiger partial charge in [0.1, 0.15) is 6.42 Å². The van der Waals surface area contributed by atoms with Crippen LogP contribution in [0.25, 0.3) is 0 Å². The fourth-order valence-electron chi connectivity index (χ4n) is 0.204. The van der Waals surface area contributed by atoms with Crippen molar-refractivity contribution in [1.82, 2.24) is 0 Å². The highest BCUT2D eigenvalue weighted by Gasteiger charge is 2.01. The lowest BCUT2D eigenvalue weighted by Crippen LogP contribution is -2.22. The van der Waals surface area contributed by atoms with Gasteiger partial charge in [0.05, 0.1) is 12.7 Å². The van der Waals surface area contributed by atoms with Crippen molar-refractivity contribution in [2.45, 2.75) is 12.5 Å². The first kappa shape index (κ1) is 14.3. The number of aliphatic hydroxyl groups is 2. The Kier molecular flexibility index (Phi) is 9.84. The summed E-state index contributed by atoms with van der Waals surface area (Å²) in [5.74, 6) is -2.62. The van der Waals surface area contributed by atoms with Crippen LogP contribution >= 0.6 is 0 Å².